The first-order valence-corrected chi connectivity index (χ1v) is 8.49. The number of carbonyl (C=O) groups excluding carboxylic acids is 1. The Morgan fingerprint density at radius 3 is 2.92 bits per heavy atom. The number of piperidine rings is 1. The van der Waals surface area contributed by atoms with Crippen LogP contribution >= 0.6 is 11.6 Å². The van der Waals surface area contributed by atoms with Crippen molar-refractivity contribution in [1.82, 2.24) is 9.88 Å². The number of likely N-dealkylation sites (tertiary alicyclic amines) is 1. The van der Waals surface area contributed by atoms with Crippen molar-refractivity contribution in [2.24, 2.45) is 0 Å². The minimum atomic E-state index is 0.0123. The van der Waals surface area contributed by atoms with Gasteiger partial charge in [-0.15, -0.1) is 0 Å². The van der Waals surface area contributed by atoms with Crippen LogP contribution in [-0.4, -0.2) is 28.9 Å². The molecule has 4 rings (SSSR count). The zero-order chi connectivity index (χ0) is 16.5. The number of para-hydroxylation sites is 2. The van der Waals surface area contributed by atoms with Gasteiger partial charge < -0.3 is 9.32 Å². The molecule has 2 heterocycles. The number of aromatic nitrogens is 1. The maximum atomic E-state index is 12.7. The van der Waals surface area contributed by atoms with E-state index in [9.17, 15) is 4.79 Å². The molecule has 0 saturated carbocycles. The largest absolute Gasteiger partial charge is 0.440 e. The Hall–Kier alpha value is -2.33. The Balaban J connectivity index is 1.56. The van der Waals surface area contributed by atoms with Gasteiger partial charge in [0.15, 0.2) is 11.5 Å². The molecule has 0 radical (unpaired) electrons. The molecular formula is C19H17ClN2O2. The number of carbonyl (C=O) groups is 1. The normalized spacial score (nSPS) is 18.0. The molecule has 4 nitrogen and oxygen atoms in total. The third-order valence-corrected chi connectivity index (χ3v) is 4.67. The summed E-state index contributed by atoms with van der Waals surface area (Å²) in [6.07, 6.45) is 1.92. The molecule has 2 aromatic carbocycles. The van der Waals surface area contributed by atoms with Crippen LogP contribution in [0.25, 0.3) is 11.1 Å². The standard InChI is InChI=1S/C19H17ClN2O2/c20-15-7-3-5-13(11-15)19(23)22-10-4-6-14(12-22)18-21-16-8-1-2-9-17(16)24-18/h1-3,5,7-9,11,14H,4,6,10,12H2/t14-/m0/s1. The van der Waals surface area contributed by atoms with E-state index in [2.05, 4.69) is 4.98 Å². The van der Waals surface area contributed by atoms with E-state index < -0.39 is 0 Å². The second-order valence-corrected chi connectivity index (χ2v) is 6.56. The van der Waals surface area contributed by atoms with Crippen LogP contribution in [0, 0.1) is 0 Å². The number of rotatable bonds is 2. The van der Waals surface area contributed by atoms with Crippen molar-refractivity contribution in [2.75, 3.05) is 13.1 Å². The highest BCUT2D eigenvalue weighted by Crippen LogP contribution is 2.29. The first kappa shape index (κ1) is 15.2. The van der Waals surface area contributed by atoms with Gasteiger partial charge in [0.2, 0.25) is 0 Å². The molecule has 0 N–H and O–H groups in total. The molecule has 0 aliphatic carbocycles. The van der Waals surface area contributed by atoms with Crippen LogP contribution in [0.1, 0.15) is 35.0 Å². The highest BCUT2D eigenvalue weighted by atomic mass is 35.5. The van der Waals surface area contributed by atoms with Crippen molar-refractivity contribution in [3.63, 3.8) is 0 Å². The molecule has 1 aromatic heterocycles. The predicted octanol–water partition coefficient (Wildman–Crippen LogP) is 4.50. The Labute approximate surface area is 145 Å². The van der Waals surface area contributed by atoms with Gasteiger partial charge in [0, 0.05) is 23.7 Å². The number of hydrogen-bond donors (Lipinski definition) is 0. The summed E-state index contributed by atoms with van der Waals surface area (Å²) in [6, 6.07) is 14.8. The quantitative estimate of drug-likeness (QED) is 0.690. The Morgan fingerprint density at radius 1 is 1.21 bits per heavy atom. The van der Waals surface area contributed by atoms with Gasteiger partial charge >= 0.3 is 0 Å². The van der Waals surface area contributed by atoms with E-state index in [1.165, 1.54) is 0 Å². The number of amides is 1. The van der Waals surface area contributed by atoms with Crippen LogP contribution in [0.5, 0.6) is 0 Å². The molecule has 24 heavy (non-hydrogen) atoms. The molecule has 0 spiro atoms. The average molecular weight is 341 g/mol. The van der Waals surface area contributed by atoms with Crippen LogP contribution in [-0.2, 0) is 0 Å². The SMILES string of the molecule is O=C(c1cccc(Cl)c1)N1CCC[C@H](c2nc3ccccc3o2)C1. The van der Waals surface area contributed by atoms with Gasteiger partial charge in [0.1, 0.15) is 5.52 Å². The maximum absolute atomic E-state index is 12.7. The van der Waals surface area contributed by atoms with Gasteiger partial charge in [-0.3, -0.25) is 4.79 Å². The fourth-order valence-electron chi connectivity index (χ4n) is 3.23. The third-order valence-electron chi connectivity index (χ3n) is 4.44. The number of oxazole rings is 1. The summed E-state index contributed by atoms with van der Waals surface area (Å²) in [4.78, 5) is 19.2. The van der Waals surface area contributed by atoms with Gasteiger partial charge in [0.05, 0.1) is 5.92 Å². The summed E-state index contributed by atoms with van der Waals surface area (Å²) < 4.78 is 5.89. The number of hydrogen-bond acceptors (Lipinski definition) is 3. The lowest BCUT2D eigenvalue weighted by Crippen LogP contribution is -2.39. The van der Waals surface area contributed by atoms with E-state index in [1.54, 1.807) is 24.3 Å². The second kappa shape index (κ2) is 6.29. The van der Waals surface area contributed by atoms with Crippen molar-refractivity contribution in [3.8, 4) is 0 Å². The lowest BCUT2D eigenvalue weighted by Gasteiger charge is -2.31. The zero-order valence-electron chi connectivity index (χ0n) is 13.1. The van der Waals surface area contributed by atoms with Crippen LogP contribution in [0.2, 0.25) is 5.02 Å². The van der Waals surface area contributed by atoms with Gasteiger partial charge in [-0.2, -0.15) is 0 Å². The lowest BCUT2D eigenvalue weighted by atomic mass is 9.97. The molecule has 0 bridgehead atoms. The Kier molecular flexibility index (Phi) is 3.98. The molecule has 1 aliphatic heterocycles. The van der Waals surface area contributed by atoms with E-state index in [1.807, 2.05) is 29.2 Å². The summed E-state index contributed by atoms with van der Waals surface area (Å²) in [7, 11) is 0. The molecule has 0 unspecified atom stereocenters. The lowest BCUT2D eigenvalue weighted by molar-refractivity contribution is 0.0699. The monoisotopic (exact) mass is 340 g/mol. The smallest absolute Gasteiger partial charge is 0.253 e. The Morgan fingerprint density at radius 2 is 2.08 bits per heavy atom. The van der Waals surface area contributed by atoms with Gasteiger partial charge in [-0.25, -0.2) is 4.98 Å². The number of fused-ring (bicyclic) bond motifs is 1. The van der Waals surface area contributed by atoms with Crippen molar-refractivity contribution in [1.29, 1.82) is 0 Å². The van der Waals surface area contributed by atoms with Crippen LogP contribution in [0.15, 0.2) is 52.9 Å². The molecule has 1 atom stereocenters. The van der Waals surface area contributed by atoms with E-state index >= 15 is 0 Å². The summed E-state index contributed by atoms with van der Waals surface area (Å²) in [5, 5.41) is 0.577. The molecule has 1 fully saturated rings. The van der Waals surface area contributed by atoms with Gasteiger partial charge in [-0.1, -0.05) is 29.8 Å². The van der Waals surface area contributed by atoms with E-state index in [0.29, 0.717) is 17.1 Å². The fraction of sp³-hybridized carbons (Fsp3) is 0.263. The van der Waals surface area contributed by atoms with Crippen molar-refractivity contribution in [2.45, 2.75) is 18.8 Å². The van der Waals surface area contributed by atoms with Crippen molar-refractivity contribution in [3.05, 3.63) is 65.0 Å². The fourth-order valence-corrected chi connectivity index (χ4v) is 3.42. The first-order chi connectivity index (χ1) is 11.7. The summed E-state index contributed by atoms with van der Waals surface area (Å²) >= 11 is 6.00. The van der Waals surface area contributed by atoms with Crippen LogP contribution in [0.4, 0.5) is 0 Å². The molecule has 1 amide bonds. The van der Waals surface area contributed by atoms with Gasteiger partial charge in [0.25, 0.3) is 5.91 Å². The molecule has 1 aliphatic rings. The van der Waals surface area contributed by atoms with Crippen LogP contribution in [0.3, 0.4) is 0 Å². The first-order valence-electron chi connectivity index (χ1n) is 8.11. The Bertz CT molecular complexity index is 857. The molecule has 5 heteroatoms. The zero-order valence-corrected chi connectivity index (χ0v) is 13.9. The van der Waals surface area contributed by atoms with E-state index in [4.69, 9.17) is 16.0 Å². The van der Waals surface area contributed by atoms with Crippen LogP contribution < -0.4 is 0 Å². The molecule has 122 valence electrons. The minimum Gasteiger partial charge on any atom is -0.440 e. The summed E-state index contributed by atoms with van der Waals surface area (Å²) in [6.45, 7) is 1.38. The summed E-state index contributed by atoms with van der Waals surface area (Å²) in [5.74, 6) is 0.868. The van der Waals surface area contributed by atoms with E-state index in [-0.39, 0.29) is 11.8 Å². The predicted molar refractivity (Wildman–Crippen MR) is 93.3 cm³/mol. The topological polar surface area (TPSA) is 46.3 Å². The van der Waals surface area contributed by atoms with Crippen molar-refractivity contribution >= 4 is 28.6 Å². The number of halogens is 1. The molecule has 3 aromatic rings. The van der Waals surface area contributed by atoms with E-state index in [0.717, 1.165) is 36.4 Å². The average Bonchev–Trinajstić information content (AvgIpc) is 3.05. The molecular weight excluding hydrogens is 324 g/mol. The summed E-state index contributed by atoms with van der Waals surface area (Å²) in [5.41, 5.74) is 2.29. The number of benzene rings is 2. The third kappa shape index (κ3) is 2.89. The highest BCUT2D eigenvalue weighted by molar-refractivity contribution is 6.30. The van der Waals surface area contributed by atoms with Crippen molar-refractivity contribution < 1.29 is 9.21 Å². The minimum absolute atomic E-state index is 0.0123. The molecule has 1 saturated heterocycles. The number of nitrogens with zero attached hydrogens (tertiary/aromatic N) is 2. The maximum Gasteiger partial charge on any atom is 0.253 e. The van der Waals surface area contributed by atoms with Gasteiger partial charge in [-0.05, 0) is 43.2 Å². The second-order valence-electron chi connectivity index (χ2n) is 6.12. The highest BCUT2D eigenvalue weighted by Gasteiger charge is 2.28.